The lowest BCUT2D eigenvalue weighted by Crippen LogP contribution is -2.61. The van der Waals surface area contributed by atoms with Crippen molar-refractivity contribution in [1.29, 1.82) is 0 Å². The fourth-order valence-electron chi connectivity index (χ4n) is 17.4. The minimum absolute atomic E-state index is 0.107. The van der Waals surface area contributed by atoms with Crippen LogP contribution in [0.3, 0.4) is 0 Å². The number of fused-ring (bicyclic) bond motifs is 10. The number of hydrogen-bond donors (Lipinski definition) is 0. The van der Waals surface area contributed by atoms with Crippen molar-refractivity contribution in [2.45, 2.75) is 183 Å². The molecule has 0 radical (unpaired) electrons. The van der Waals surface area contributed by atoms with E-state index in [1.54, 1.807) is 0 Å². The van der Waals surface area contributed by atoms with E-state index in [0.29, 0.717) is 0 Å². The summed E-state index contributed by atoms with van der Waals surface area (Å²) in [5, 5.41) is 4.60. The number of rotatable bonds is 8. The monoisotopic (exact) mass is 1450 g/mol. The fourth-order valence-corrected chi connectivity index (χ4v) is 17.4. The van der Waals surface area contributed by atoms with Crippen LogP contribution in [0.15, 0.2) is 265 Å². The van der Waals surface area contributed by atoms with E-state index >= 15 is 0 Å². The lowest BCUT2D eigenvalue weighted by atomic mass is 9.33. The van der Waals surface area contributed by atoms with E-state index in [2.05, 4.69) is 421 Å². The van der Waals surface area contributed by atoms with E-state index < -0.39 is 0 Å². The quantitative estimate of drug-likeness (QED) is 0.142. The minimum Gasteiger partial charge on any atom is -0.456 e. The Bertz CT molecular complexity index is 6040. The van der Waals surface area contributed by atoms with Gasteiger partial charge in [0.2, 0.25) is 0 Å². The normalized spacial score (nSPS) is 13.6. The first kappa shape index (κ1) is 73.0. The zero-order valence-corrected chi connectivity index (χ0v) is 69.2. The van der Waals surface area contributed by atoms with Gasteiger partial charge in [-0.1, -0.05) is 327 Å². The molecular weight excluding hydrogens is 1340 g/mol. The van der Waals surface area contributed by atoms with Gasteiger partial charge in [0, 0.05) is 55.6 Å². The number of furan rings is 1. The summed E-state index contributed by atoms with van der Waals surface area (Å²) in [7, 11) is 0. The molecule has 0 fully saturated rings. The summed E-state index contributed by atoms with van der Waals surface area (Å²) in [5.41, 5.74) is 35.2. The summed E-state index contributed by atoms with van der Waals surface area (Å²) in [4.78, 5) is 5.47. The molecule has 554 valence electrons. The average molecular weight is 1450 g/mol. The zero-order chi connectivity index (χ0) is 78.1. The molecule has 0 unspecified atom stereocenters. The highest BCUT2D eigenvalue weighted by Crippen LogP contribution is 2.56. The predicted octanol–water partition coefficient (Wildman–Crippen LogP) is 28.2. The van der Waals surface area contributed by atoms with Gasteiger partial charge in [0.15, 0.2) is 0 Å². The van der Waals surface area contributed by atoms with Crippen LogP contribution in [0.4, 0.5) is 34.1 Å². The van der Waals surface area contributed by atoms with Crippen LogP contribution in [0.2, 0.25) is 0 Å². The Balaban J connectivity index is 1.11. The highest BCUT2D eigenvalue weighted by molar-refractivity contribution is 7.00. The molecule has 2 aromatic heterocycles. The summed E-state index contributed by atoms with van der Waals surface area (Å²) >= 11 is 0. The third-order valence-corrected chi connectivity index (χ3v) is 24.0. The molecule has 5 heteroatoms. The van der Waals surface area contributed by atoms with Crippen molar-refractivity contribution in [1.82, 2.24) is 4.57 Å². The zero-order valence-electron chi connectivity index (χ0n) is 69.2. The summed E-state index contributed by atoms with van der Waals surface area (Å²) in [6.45, 7) is 49.2. The SMILES string of the molecule is CC(C)(C)c1cc(-c2ccc3c(c2)N(c2c(-c4ccccc4)cc(C(C)(C)C)cc2-c2ccccc2)c2cc(-n4c5ccc(C(C)(C)C)cc5c5cc(C(C)(C)C)ccc54)cc4c2B3c2ccc(-c3cc(C(C)(C)C)cc(C(C)(C)C)c3)cc2N4c2c(-c3ccccc3)ccc3oc4ccccc4c23)cc(C(C)(C)C)c1. The summed E-state index contributed by atoms with van der Waals surface area (Å²) < 4.78 is 9.80. The van der Waals surface area contributed by atoms with E-state index in [1.165, 1.54) is 82.8 Å². The average Bonchev–Trinajstić information content (AvgIpc) is 1.48. The number of aromatic nitrogens is 1. The molecule has 4 heterocycles. The van der Waals surface area contributed by atoms with Crippen LogP contribution in [0.1, 0.15) is 184 Å². The highest BCUT2D eigenvalue weighted by atomic mass is 16.3. The molecule has 0 atom stereocenters. The van der Waals surface area contributed by atoms with Crippen LogP contribution in [0.25, 0.3) is 105 Å². The van der Waals surface area contributed by atoms with E-state index in [9.17, 15) is 0 Å². The van der Waals surface area contributed by atoms with E-state index in [0.717, 1.165) is 112 Å². The number of hydrogen-bond acceptors (Lipinski definition) is 3. The predicted molar refractivity (Wildman–Crippen MR) is 480 cm³/mol. The Labute approximate surface area is 659 Å². The van der Waals surface area contributed by atoms with Crippen molar-refractivity contribution in [3.05, 3.63) is 300 Å². The van der Waals surface area contributed by atoms with Gasteiger partial charge >= 0.3 is 0 Å². The number of anilines is 6. The van der Waals surface area contributed by atoms with Gasteiger partial charge in [-0.15, -0.1) is 0 Å². The molecule has 2 aliphatic rings. The maximum atomic E-state index is 7.18. The summed E-state index contributed by atoms with van der Waals surface area (Å²) in [5.74, 6) is 0. The van der Waals surface area contributed by atoms with Gasteiger partial charge < -0.3 is 18.8 Å². The molecule has 0 spiro atoms. The molecule has 17 rings (SSSR count). The van der Waals surface area contributed by atoms with Crippen molar-refractivity contribution < 1.29 is 4.42 Å². The molecule has 111 heavy (non-hydrogen) atoms. The van der Waals surface area contributed by atoms with E-state index in [1.807, 2.05) is 0 Å². The smallest absolute Gasteiger partial charge is 0.252 e. The van der Waals surface area contributed by atoms with Crippen molar-refractivity contribution in [3.63, 3.8) is 0 Å². The van der Waals surface area contributed by atoms with Gasteiger partial charge in [-0.25, -0.2) is 0 Å². The molecule has 15 aromatic rings. The van der Waals surface area contributed by atoms with Crippen LogP contribution in [-0.2, 0) is 37.9 Å². The van der Waals surface area contributed by atoms with Gasteiger partial charge in [-0.05, 0) is 211 Å². The molecule has 0 bridgehead atoms. The molecular formula is C106H106BN3O. The van der Waals surface area contributed by atoms with Crippen molar-refractivity contribution in [2.75, 3.05) is 9.80 Å². The largest absolute Gasteiger partial charge is 0.456 e. The Morgan fingerprint density at radius 1 is 0.252 bits per heavy atom. The van der Waals surface area contributed by atoms with E-state index in [4.69, 9.17) is 4.42 Å². The number of benzene rings is 13. The van der Waals surface area contributed by atoms with E-state index in [-0.39, 0.29) is 44.6 Å². The van der Waals surface area contributed by atoms with Gasteiger partial charge in [-0.2, -0.15) is 0 Å². The van der Waals surface area contributed by atoms with Crippen molar-refractivity contribution >= 4 is 101 Å². The van der Waals surface area contributed by atoms with Crippen LogP contribution >= 0.6 is 0 Å². The third kappa shape index (κ3) is 12.7. The standard InChI is InChI=1S/C106H106BN3O/c1-100(2,3)72-43-48-88-84(59-72)85-60-73(101(4,5)6)44-49-89(85)108(88)79-63-92-97-93(64-79)110(99-80(65-33-25-22-26-34-65)45-50-95-96(99)81-39-31-32-40-94(81)111-95)91-56-69(71-53-76(104(13,14)15)58-77(54-71)105(16,17)18)42-47-87(91)107(97)86-46-41-68(70-51-74(102(7,8)9)57-75(52-70)103(10,11)12)55-90(86)109(92)98-82(66-35-27-23-28-36-66)61-78(106(19,20)21)62-83(98)67-37-29-24-30-38-67/h22-64H,1-21H3. The Morgan fingerprint density at radius 2 is 0.631 bits per heavy atom. The van der Waals surface area contributed by atoms with Gasteiger partial charge in [0.25, 0.3) is 6.71 Å². The second-order valence-electron chi connectivity index (χ2n) is 39.1. The lowest BCUT2D eigenvalue weighted by Gasteiger charge is -2.46. The summed E-state index contributed by atoms with van der Waals surface area (Å²) in [6, 6.07) is 102. The summed E-state index contributed by atoms with van der Waals surface area (Å²) in [6.07, 6.45) is 0. The number of para-hydroxylation sites is 1. The maximum Gasteiger partial charge on any atom is 0.252 e. The lowest BCUT2D eigenvalue weighted by molar-refractivity contribution is 0.568. The Hall–Kier alpha value is -10.9. The number of nitrogens with zero attached hydrogens (tertiary/aromatic N) is 3. The Morgan fingerprint density at radius 3 is 1.05 bits per heavy atom. The third-order valence-electron chi connectivity index (χ3n) is 24.0. The van der Waals surface area contributed by atoms with Gasteiger partial charge in [0.05, 0.1) is 33.5 Å². The molecule has 2 aliphatic heterocycles. The fraction of sp³-hybridized carbons (Fsp3) is 0.264. The molecule has 0 amide bonds. The first-order valence-corrected chi connectivity index (χ1v) is 40.2. The molecule has 0 aliphatic carbocycles. The van der Waals surface area contributed by atoms with Gasteiger partial charge in [-0.3, -0.25) is 0 Å². The van der Waals surface area contributed by atoms with Crippen LogP contribution in [-0.4, -0.2) is 11.3 Å². The molecule has 0 N–H and O–H groups in total. The van der Waals surface area contributed by atoms with Crippen LogP contribution in [0.5, 0.6) is 0 Å². The second-order valence-corrected chi connectivity index (χ2v) is 39.1. The van der Waals surface area contributed by atoms with Crippen LogP contribution in [0, 0.1) is 0 Å². The van der Waals surface area contributed by atoms with Crippen LogP contribution < -0.4 is 26.2 Å². The first-order chi connectivity index (χ1) is 52.4. The van der Waals surface area contributed by atoms with Crippen molar-refractivity contribution in [2.24, 2.45) is 0 Å². The Kier molecular flexibility index (Phi) is 17.0. The molecule has 4 nitrogen and oxygen atoms in total. The maximum absolute atomic E-state index is 7.18. The minimum atomic E-state index is -0.279. The van der Waals surface area contributed by atoms with Gasteiger partial charge in [0.1, 0.15) is 11.2 Å². The first-order valence-electron chi connectivity index (χ1n) is 40.2. The topological polar surface area (TPSA) is 24.6 Å². The highest BCUT2D eigenvalue weighted by Gasteiger charge is 2.47. The molecule has 0 saturated carbocycles. The second kappa shape index (κ2) is 25.9. The van der Waals surface area contributed by atoms with Crippen molar-refractivity contribution in [3.8, 4) is 61.3 Å². The molecule has 13 aromatic carbocycles. The molecule has 0 saturated heterocycles.